The van der Waals surface area contributed by atoms with Gasteiger partial charge in [-0.15, -0.1) is 0 Å². The number of hydrogen-bond donors (Lipinski definition) is 1. The Hall–Kier alpha value is -1.83. The standard InChI is InChI=1S/C22H27ClN2O4/c23-20-4-2-1-3-18(20)14-27-15-19(26)13-25-9-7-24(8-10-25)12-17-5-6-21-22(11-17)29-16-28-21/h1-6,11,19,26H,7-10,12-16H2/t19-/m0/s1. The second-order valence-corrected chi connectivity index (χ2v) is 7.93. The monoisotopic (exact) mass is 418 g/mol. The predicted octanol–water partition coefficient (Wildman–Crippen LogP) is 2.76. The third-order valence-corrected chi connectivity index (χ3v) is 5.67. The molecule has 0 bridgehead atoms. The fourth-order valence-corrected chi connectivity index (χ4v) is 3.89. The Kier molecular flexibility index (Phi) is 6.90. The van der Waals surface area contributed by atoms with Gasteiger partial charge >= 0.3 is 0 Å². The van der Waals surface area contributed by atoms with E-state index in [9.17, 15) is 5.11 Å². The maximum absolute atomic E-state index is 10.3. The first-order valence-corrected chi connectivity index (χ1v) is 10.4. The van der Waals surface area contributed by atoms with Crippen molar-refractivity contribution >= 4 is 11.6 Å². The summed E-state index contributed by atoms with van der Waals surface area (Å²) in [6.07, 6.45) is -0.502. The molecule has 4 rings (SSSR count). The molecule has 0 saturated carbocycles. The van der Waals surface area contributed by atoms with E-state index in [0.717, 1.165) is 49.8 Å². The lowest BCUT2D eigenvalue weighted by molar-refractivity contribution is 0.000891. The molecule has 2 aromatic carbocycles. The van der Waals surface area contributed by atoms with E-state index >= 15 is 0 Å². The summed E-state index contributed by atoms with van der Waals surface area (Å²) < 4.78 is 16.5. The molecule has 1 fully saturated rings. The summed E-state index contributed by atoms with van der Waals surface area (Å²) in [6, 6.07) is 13.8. The molecule has 1 saturated heterocycles. The molecule has 2 aromatic rings. The summed E-state index contributed by atoms with van der Waals surface area (Å²) in [4.78, 5) is 4.72. The highest BCUT2D eigenvalue weighted by molar-refractivity contribution is 6.31. The molecule has 29 heavy (non-hydrogen) atoms. The van der Waals surface area contributed by atoms with Gasteiger partial charge in [-0.25, -0.2) is 0 Å². The number of β-amino-alcohol motifs (C(OH)–C–C–N with tert-alkyl or cyclic N) is 1. The van der Waals surface area contributed by atoms with E-state index in [1.807, 2.05) is 30.3 Å². The predicted molar refractivity (Wildman–Crippen MR) is 111 cm³/mol. The number of fused-ring (bicyclic) bond motifs is 1. The summed E-state index contributed by atoms with van der Waals surface area (Å²) in [6.45, 7) is 6.38. The van der Waals surface area contributed by atoms with Crippen LogP contribution >= 0.6 is 11.6 Å². The van der Waals surface area contributed by atoms with E-state index in [-0.39, 0.29) is 0 Å². The number of aliphatic hydroxyl groups excluding tert-OH is 1. The molecule has 0 amide bonds. The van der Waals surface area contributed by atoms with Gasteiger partial charge in [0.25, 0.3) is 0 Å². The quantitative estimate of drug-likeness (QED) is 0.711. The van der Waals surface area contributed by atoms with Crippen molar-refractivity contribution in [3.63, 3.8) is 0 Å². The Morgan fingerprint density at radius 2 is 1.76 bits per heavy atom. The molecule has 0 unspecified atom stereocenters. The zero-order chi connectivity index (χ0) is 20.1. The molecule has 0 aliphatic carbocycles. The van der Waals surface area contributed by atoms with E-state index in [2.05, 4.69) is 21.9 Å². The van der Waals surface area contributed by atoms with Gasteiger partial charge in [0.05, 0.1) is 19.3 Å². The molecule has 0 spiro atoms. The smallest absolute Gasteiger partial charge is 0.231 e. The van der Waals surface area contributed by atoms with Crippen LogP contribution in [0.2, 0.25) is 5.02 Å². The van der Waals surface area contributed by atoms with E-state index < -0.39 is 6.10 Å². The van der Waals surface area contributed by atoms with Crippen LogP contribution in [0.3, 0.4) is 0 Å². The van der Waals surface area contributed by atoms with Gasteiger partial charge in [0.15, 0.2) is 11.5 Å². The molecule has 2 aliphatic rings. The van der Waals surface area contributed by atoms with Crippen LogP contribution in [0.5, 0.6) is 11.5 Å². The molecular weight excluding hydrogens is 392 g/mol. The first-order valence-electron chi connectivity index (χ1n) is 10.00. The van der Waals surface area contributed by atoms with E-state index in [4.69, 9.17) is 25.8 Å². The van der Waals surface area contributed by atoms with E-state index in [0.29, 0.717) is 31.6 Å². The Morgan fingerprint density at radius 3 is 2.59 bits per heavy atom. The van der Waals surface area contributed by atoms with Crippen LogP contribution in [0.15, 0.2) is 42.5 Å². The minimum absolute atomic E-state index is 0.307. The molecule has 0 aromatic heterocycles. The van der Waals surface area contributed by atoms with Crippen molar-refractivity contribution in [3.05, 3.63) is 58.6 Å². The topological polar surface area (TPSA) is 54.4 Å². The number of benzene rings is 2. The molecule has 2 aliphatic heterocycles. The molecule has 156 valence electrons. The van der Waals surface area contributed by atoms with Gasteiger partial charge < -0.3 is 19.3 Å². The Labute approximate surface area is 176 Å². The van der Waals surface area contributed by atoms with Gasteiger partial charge in [-0.2, -0.15) is 0 Å². The van der Waals surface area contributed by atoms with Crippen molar-refractivity contribution in [1.82, 2.24) is 9.80 Å². The number of rotatable bonds is 8. The van der Waals surface area contributed by atoms with Crippen molar-refractivity contribution in [3.8, 4) is 11.5 Å². The highest BCUT2D eigenvalue weighted by atomic mass is 35.5. The normalized spacial score (nSPS) is 18.1. The molecule has 7 heteroatoms. The van der Waals surface area contributed by atoms with Crippen molar-refractivity contribution < 1.29 is 19.3 Å². The summed E-state index contributed by atoms with van der Waals surface area (Å²) in [5, 5.41) is 11.0. The summed E-state index contributed by atoms with van der Waals surface area (Å²) >= 11 is 6.13. The Bertz CT molecular complexity index is 811. The Balaban J connectivity index is 1.15. The highest BCUT2D eigenvalue weighted by Crippen LogP contribution is 2.32. The van der Waals surface area contributed by atoms with Gasteiger partial charge in [-0.1, -0.05) is 35.9 Å². The minimum Gasteiger partial charge on any atom is -0.454 e. The lowest BCUT2D eigenvalue weighted by atomic mass is 10.1. The molecule has 6 nitrogen and oxygen atoms in total. The number of piperazine rings is 1. The van der Waals surface area contributed by atoms with Crippen LogP contribution in [0.4, 0.5) is 0 Å². The van der Waals surface area contributed by atoms with Crippen LogP contribution in [-0.2, 0) is 17.9 Å². The van der Waals surface area contributed by atoms with Crippen LogP contribution < -0.4 is 9.47 Å². The highest BCUT2D eigenvalue weighted by Gasteiger charge is 2.20. The van der Waals surface area contributed by atoms with Gasteiger partial charge in [0.1, 0.15) is 0 Å². The van der Waals surface area contributed by atoms with Crippen LogP contribution in [0.25, 0.3) is 0 Å². The minimum atomic E-state index is -0.502. The number of halogens is 1. The average Bonchev–Trinajstić information content (AvgIpc) is 3.19. The molecule has 1 atom stereocenters. The summed E-state index contributed by atoms with van der Waals surface area (Å²) in [5.74, 6) is 1.66. The largest absolute Gasteiger partial charge is 0.454 e. The zero-order valence-electron chi connectivity index (χ0n) is 16.4. The summed E-state index contributed by atoms with van der Waals surface area (Å²) in [5.41, 5.74) is 2.18. The molecule has 0 radical (unpaired) electrons. The number of ether oxygens (including phenoxy) is 3. The van der Waals surface area contributed by atoms with E-state index in [1.54, 1.807) is 0 Å². The second kappa shape index (κ2) is 9.78. The number of hydrogen-bond acceptors (Lipinski definition) is 6. The van der Waals surface area contributed by atoms with Gasteiger partial charge in [-0.3, -0.25) is 9.80 Å². The average molecular weight is 419 g/mol. The summed E-state index contributed by atoms with van der Waals surface area (Å²) in [7, 11) is 0. The van der Waals surface area contributed by atoms with Crippen molar-refractivity contribution in [2.75, 3.05) is 46.1 Å². The second-order valence-electron chi connectivity index (χ2n) is 7.52. The Morgan fingerprint density at radius 1 is 1.00 bits per heavy atom. The first kappa shape index (κ1) is 20.4. The fraction of sp³-hybridized carbons (Fsp3) is 0.455. The van der Waals surface area contributed by atoms with Gasteiger partial charge in [0.2, 0.25) is 6.79 Å². The third-order valence-electron chi connectivity index (χ3n) is 5.30. The first-order chi connectivity index (χ1) is 14.2. The molecular formula is C22H27ClN2O4. The molecule has 2 heterocycles. The maximum atomic E-state index is 10.3. The number of aliphatic hydroxyl groups is 1. The van der Waals surface area contributed by atoms with Crippen molar-refractivity contribution in [2.45, 2.75) is 19.3 Å². The van der Waals surface area contributed by atoms with Crippen molar-refractivity contribution in [1.29, 1.82) is 0 Å². The SMILES string of the molecule is O[C@H](COCc1ccccc1Cl)CN1CCN(Cc2ccc3c(c2)OCO3)CC1. The maximum Gasteiger partial charge on any atom is 0.231 e. The lowest BCUT2D eigenvalue weighted by Crippen LogP contribution is -2.48. The van der Waals surface area contributed by atoms with Gasteiger partial charge in [-0.05, 0) is 29.3 Å². The zero-order valence-corrected chi connectivity index (χ0v) is 17.2. The van der Waals surface area contributed by atoms with Crippen LogP contribution in [0, 0.1) is 0 Å². The number of nitrogens with zero attached hydrogens (tertiary/aromatic N) is 2. The fourth-order valence-electron chi connectivity index (χ4n) is 3.70. The lowest BCUT2D eigenvalue weighted by Gasteiger charge is -2.35. The van der Waals surface area contributed by atoms with Crippen molar-refractivity contribution in [2.24, 2.45) is 0 Å². The van der Waals surface area contributed by atoms with E-state index in [1.165, 1.54) is 5.56 Å². The van der Waals surface area contributed by atoms with Crippen LogP contribution in [0.1, 0.15) is 11.1 Å². The van der Waals surface area contributed by atoms with Gasteiger partial charge in [0, 0.05) is 44.3 Å². The molecule has 1 N–H and O–H groups in total. The van der Waals surface area contributed by atoms with Crippen LogP contribution in [-0.4, -0.2) is 67.1 Å². The third kappa shape index (κ3) is 5.62.